The van der Waals surface area contributed by atoms with Crippen LogP contribution in [0.3, 0.4) is 0 Å². The van der Waals surface area contributed by atoms with Crippen molar-refractivity contribution in [1.29, 1.82) is 0 Å². The van der Waals surface area contributed by atoms with Crippen LogP contribution in [0.1, 0.15) is 5.56 Å². The number of fused-ring (bicyclic) bond motifs is 1. The van der Waals surface area contributed by atoms with Gasteiger partial charge in [-0.2, -0.15) is 0 Å². The summed E-state index contributed by atoms with van der Waals surface area (Å²) in [6.07, 6.45) is 3.27. The normalized spacial score (nSPS) is 10.6. The molecule has 3 aromatic rings. The fraction of sp³-hybridized carbons (Fsp3) is 0.176. The topological polar surface area (TPSA) is 84.2 Å². The molecule has 1 aromatic carbocycles. The predicted octanol–water partition coefficient (Wildman–Crippen LogP) is 3.66. The number of nitrogens with zero attached hydrogens (tertiary/aromatic N) is 4. The van der Waals surface area contributed by atoms with Crippen LogP contribution in [0.25, 0.3) is 10.8 Å². The average molecular weight is 323 g/mol. The van der Waals surface area contributed by atoms with Crippen LogP contribution in [0.4, 0.5) is 23.0 Å². The summed E-state index contributed by atoms with van der Waals surface area (Å²) in [6.45, 7) is 1.73. The minimum atomic E-state index is -0.352. The number of anilines is 3. The summed E-state index contributed by atoms with van der Waals surface area (Å²) in [7, 11) is 3.84. The number of nitrogens with one attached hydrogen (secondary N) is 1. The van der Waals surface area contributed by atoms with Crippen molar-refractivity contribution >= 4 is 33.8 Å². The lowest BCUT2D eigenvalue weighted by molar-refractivity contribution is -0.383. The van der Waals surface area contributed by atoms with Crippen molar-refractivity contribution < 1.29 is 4.92 Å². The second kappa shape index (κ2) is 6.11. The van der Waals surface area contributed by atoms with Crippen molar-refractivity contribution in [2.45, 2.75) is 6.92 Å². The largest absolute Gasteiger partial charge is 0.363 e. The van der Waals surface area contributed by atoms with Gasteiger partial charge in [0.15, 0.2) is 0 Å². The molecule has 0 saturated carbocycles. The van der Waals surface area contributed by atoms with Crippen molar-refractivity contribution in [2.75, 3.05) is 24.3 Å². The van der Waals surface area contributed by atoms with Crippen LogP contribution < -0.4 is 10.2 Å². The highest BCUT2D eigenvalue weighted by Crippen LogP contribution is 2.33. The molecule has 1 N–H and O–H groups in total. The predicted molar refractivity (Wildman–Crippen MR) is 95.0 cm³/mol. The molecule has 2 heterocycles. The second-order valence-corrected chi connectivity index (χ2v) is 5.67. The van der Waals surface area contributed by atoms with Crippen LogP contribution in [-0.2, 0) is 0 Å². The van der Waals surface area contributed by atoms with E-state index in [1.54, 1.807) is 31.5 Å². The number of rotatable bonds is 4. The molecule has 7 heteroatoms. The lowest BCUT2D eigenvalue weighted by atomic mass is 10.1. The average Bonchev–Trinajstić information content (AvgIpc) is 2.55. The number of aryl methyl sites for hydroxylation is 1. The number of hydrogen-bond donors (Lipinski definition) is 1. The highest BCUT2D eigenvalue weighted by Gasteiger charge is 2.17. The number of pyridine rings is 2. The number of benzene rings is 1. The molecular formula is C17H17N5O2. The number of nitro groups is 1. The van der Waals surface area contributed by atoms with Crippen LogP contribution in [0, 0.1) is 17.0 Å². The number of hydrogen-bond acceptors (Lipinski definition) is 6. The monoisotopic (exact) mass is 323 g/mol. The van der Waals surface area contributed by atoms with Crippen molar-refractivity contribution in [2.24, 2.45) is 0 Å². The van der Waals surface area contributed by atoms with E-state index in [-0.39, 0.29) is 10.6 Å². The minimum Gasteiger partial charge on any atom is -0.363 e. The maximum Gasteiger partial charge on any atom is 0.280 e. The molecule has 0 radical (unpaired) electrons. The fourth-order valence-corrected chi connectivity index (χ4v) is 2.55. The third-order valence-electron chi connectivity index (χ3n) is 3.77. The highest BCUT2D eigenvalue weighted by molar-refractivity contribution is 5.99. The van der Waals surface area contributed by atoms with Crippen molar-refractivity contribution in [3.63, 3.8) is 0 Å². The number of aromatic nitrogens is 2. The Morgan fingerprint density at radius 2 is 1.88 bits per heavy atom. The third-order valence-corrected chi connectivity index (χ3v) is 3.77. The second-order valence-electron chi connectivity index (χ2n) is 5.67. The first kappa shape index (κ1) is 15.7. The van der Waals surface area contributed by atoms with E-state index in [1.807, 2.05) is 37.2 Å². The summed E-state index contributed by atoms with van der Waals surface area (Å²) in [5, 5.41) is 15.8. The molecule has 0 aliphatic rings. The van der Waals surface area contributed by atoms with Crippen LogP contribution in [-0.4, -0.2) is 29.0 Å². The van der Waals surface area contributed by atoms with Gasteiger partial charge in [0, 0.05) is 31.2 Å². The Morgan fingerprint density at radius 3 is 2.50 bits per heavy atom. The fourth-order valence-electron chi connectivity index (χ4n) is 2.55. The Labute approximate surface area is 139 Å². The first-order valence-corrected chi connectivity index (χ1v) is 7.40. The molecule has 0 saturated heterocycles. The molecule has 122 valence electrons. The van der Waals surface area contributed by atoms with E-state index >= 15 is 0 Å². The van der Waals surface area contributed by atoms with Gasteiger partial charge in [-0.1, -0.05) is 6.07 Å². The number of nitro benzene ring substituents is 1. The van der Waals surface area contributed by atoms with E-state index in [1.165, 1.54) is 0 Å². The molecule has 7 nitrogen and oxygen atoms in total. The molecule has 0 unspecified atom stereocenters. The van der Waals surface area contributed by atoms with E-state index < -0.39 is 0 Å². The van der Waals surface area contributed by atoms with Gasteiger partial charge in [-0.3, -0.25) is 10.1 Å². The van der Waals surface area contributed by atoms with Crippen LogP contribution >= 0.6 is 0 Å². The molecule has 3 rings (SSSR count). The van der Waals surface area contributed by atoms with E-state index in [0.29, 0.717) is 22.2 Å². The Bertz CT molecular complexity index is 907. The van der Waals surface area contributed by atoms with Gasteiger partial charge >= 0.3 is 0 Å². The van der Waals surface area contributed by atoms with Crippen LogP contribution in [0.15, 0.2) is 42.7 Å². The molecule has 0 atom stereocenters. The zero-order chi connectivity index (χ0) is 17.3. The molecule has 0 amide bonds. The standard InChI is InChI=1S/C17H17N5O2/c1-11-4-6-14-13(16(11)22(23)24)8-9-18-17(14)20-12-5-7-15(19-10-12)21(2)3/h4-10H,1-3H3,(H,18,20). The first-order chi connectivity index (χ1) is 11.5. The Hall–Kier alpha value is -3.22. The summed E-state index contributed by atoms with van der Waals surface area (Å²) in [5.41, 5.74) is 1.50. The SMILES string of the molecule is Cc1ccc2c(Nc3ccc(N(C)C)nc3)nccc2c1[N+](=O)[O-]. The van der Waals surface area contributed by atoms with Crippen LogP contribution in [0.5, 0.6) is 0 Å². The zero-order valence-electron chi connectivity index (χ0n) is 13.6. The highest BCUT2D eigenvalue weighted by atomic mass is 16.6. The zero-order valence-corrected chi connectivity index (χ0v) is 13.6. The maximum atomic E-state index is 11.4. The molecule has 0 aliphatic heterocycles. The molecule has 0 bridgehead atoms. The lowest BCUT2D eigenvalue weighted by Crippen LogP contribution is -2.10. The van der Waals surface area contributed by atoms with Crippen LogP contribution in [0.2, 0.25) is 0 Å². The molecule has 0 spiro atoms. The van der Waals surface area contributed by atoms with Crippen molar-refractivity contribution in [3.05, 3.63) is 58.4 Å². The van der Waals surface area contributed by atoms with E-state index in [9.17, 15) is 10.1 Å². The van der Waals surface area contributed by atoms with Gasteiger partial charge in [0.25, 0.3) is 5.69 Å². The summed E-state index contributed by atoms with van der Waals surface area (Å²) in [5.74, 6) is 1.41. The molecular weight excluding hydrogens is 306 g/mol. The summed E-state index contributed by atoms with van der Waals surface area (Å²) < 4.78 is 0. The molecule has 0 aliphatic carbocycles. The van der Waals surface area contributed by atoms with Gasteiger partial charge in [0.2, 0.25) is 0 Å². The quantitative estimate of drug-likeness (QED) is 0.582. The summed E-state index contributed by atoms with van der Waals surface area (Å²) in [6, 6.07) is 9.03. The summed E-state index contributed by atoms with van der Waals surface area (Å²) in [4.78, 5) is 21.6. The smallest absolute Gasteiger partial charge is 0.280 e. The Kier molecular flexibility index (Phi) is 3.99. The molecule has 0 fully saturated rings. The molecule has 24 heavy (non-hydrogen) atoms. The van der Waals surface area contributed by atoms with Gasteiger partial charge in [-0.15, -0.1) is 0 Å². The Morgan fingerprint density at radius 1 is 1.08 bits per heavy atom. The van der Waals surface area contributed by atoms with E-state index in [0.717, 1.165) is 11.5 Å². The van der Waals surface area contributed by atoms with Gasteiger partial charge in [-0.05, 0) is 31.2 Å². The van der Waals surface area contributed by atoms with Gasteiger partial charge < -0.3 is 10.2 Å². The van der Waals surface area contributed by atoms with Crippen molar-refractivity contribution in [3.8, 4) is 0 Å². The lowest BCUT2D eigenvalue weighted by Gasteiger charge is -2.13. The van der Waals surface area contributed by atoms with E-state index in [4.69, 9.17) is 0 Å². The van der Waals surface area contributed by atoms with Gasteiger partial charge in [0.05, 0.1) is 22.2 Å². The van der Waals surface area contributed by atoms with E-state index in [2.05, 4.69) is 15.3 Å². The first-order valence-electron chi connectivity index (χ1n) is 7.40. The van der Waals surface area contributed by atoms with Crippen molar-refractivity contribution in [1.82, 2.24) is 9.97 Å². The minimum absolute atomic E-state index is 0.110. The summed E-state index contributed by atoms with van der Waals surface area (Å²) >= 11 is 0. The third kappa shape index (κ3) is 2.83. The molecule has 2 aromatic heterocycles. The van der Waals surface area contributed by atoms with Gasteiger partial charge in [0.1, 0.15) is 11.6 Å². The maximum absolute atomic E-state index is 11.4. The Balaban J connectivity index is 2.04. The van der Waals surface area contributed by atoms with Gasteiger partial charge in [-0.25, -0.2) is 9.97 Å².